The van der Waals surface area contributed by atoms with Crippen LogP contribution in [0.3, 0.4) is 0 Å². The third-order valence-electron chi connectivity index (χ3n) is 7.70. The average molecular weight is 607 g/mol. The average Bonchev–Trinajstić information content (AvgIpc) is 3.15. The highest BCUT2D eigenvalue weighted by atomic mass is 16.6. The second-order valence-electron chi connectivity index (χ2n) is 11.8. The highest BCUT2D eigenvalue weighted by Crippen LogP contribution is 2.51. The van der Waals surface area contributed by atoms with Gasteiger partial charge in [-0.15, -0.1) is 0 Å². The summed E-state index contributed by atoms with van der Waals surface area (Å²) in [5, 5.41) is 0. The third kappa shape index (κ3) is 7.77. The minimum atomic E-state index is -2.01. The predicted molar refractivity (Wildman–Crippen MR) is 150 cm³/mol. The molecule has 0 aliphatic heterocycles. The van der Waals surface area contributed by atoms with Crippen molar-refractivity contribution in [3.8, 4) is 0 Å². The van der Waals surface area contributed by atoms with Crippen LogP contribution in [-0.4, -0.2) is 71.4 Å². The van der Waals surface area contributed by atoms with Gasteiger partial charge in [-0.05, 0) is 19.8 Å². The highest BCUT2D eigenvalue weighted by Gasteiger charge is 2.65. The highest BCUT2D eigenvalue weighted by molar-refractivity contribution is 5.95. The number of rotatable bonds is 6. The van der Waals surface area contributed by atoms with E-state index in [9.17, 15) is 33.6 Å². The van der Waals surface area contributed by atoms with Crippen LogP contribution in [0.4, 0.5) is 0 Å². The Labute approximate surface area is 251 Å². The van der Waals surface area contributed by atoms with Crippen LogP contribution < -0.4 is 0 Å². The van der Waals surface area contributed by atoms with Crippen molar-refractivity contribution in [1.82, 2.24) is 0 Å². The lowest BCUT2D eigenvalue weighted by atomic mass is 9.72. The Hall–Kier alpha value is -3.83. The van der Waals surface area contributed by atoms with E-state index >= 15 is 0 Å². The second-order valence-corrected chi connectivity index (χ2v) is 11.8. The summed E-state index contributed by atoms with van der Waals surface area (Å²) >= 11 is 0. The molecule has 12 nitrogen and oxygen atoms in total. The molecule has 43 heavy (non-hydrogen) atoms. The van der Waals surface area contributed by atoms with E-state index in [0.29, 0.717) is 0 Å². The van der Waals surface area contributed by atoms with Gasteiger partial charge >= 0.3 is 29.8 Å². The second kappa shape index (κ2) is 13.6. The fourth-order valence-corrected chi connectivity index (χ4v) is 5.84. The van der Waals surface area contributed by atoms with Gasteiger partial charge in [-0.2, -0.15) is 0 Å². The normalized spacial score (nSPS) is 32.4. The van der Waals surface area contributed by atoms with Crippen LogP contribution >= 0.6 is 0 Å². The zero-order chi connectivity index (χ0) is 33.0. The van der Waals surface area contributed by atoms with E-state index in [0.717, 1.165) is 27.7 Å². The molecule has 0 aromatic heterocycles. The lowest BCUT2D eigenvalue weighted by Gasteiger charge is -2.42. The number of carbonyl (C=O) groups is 7. The zero-order valence-electron chi connectivity index (χ0n) is 26.2. The van der Waals surface area contributed by atoms with Gasteiger partial charge < -0.3 is 23.7 Å². The summed E-state index contributed by atoms with van der Waals surface area (Å²) in [6.45, 7) is 16.2. The minimum absolute atomic E-state index is 0.119. The first-order valence-electron chi connectivity index (χ1n) is 14.2. The summed E-state index contributed by atoms with van der Waals surface area (Å²) in [5.74, 6) is -8.34. The number of ether oxygens (including phenoxy) is 5. The number of ketones is 2. The maximum Gasteiger partial charge on any atom is 0.306 e. The van der Waals surface area contributed by atoms with Crippen LogP contribution in [0.15, 0.2) is 24.3 Å². The molecule has 1 fully saturated rings. The summed E-state index contributed by atoms with van der Waals surface area (Å²) in [5.41, 5.74) is -3.63. The maximum atomic E-state index is 14.3. The van der Waals surface area contributed by atoms with Crippen molar-refractivity contribution in [2.24, 2.45) is 23.2 Å². The lowest BCUT2D eigenvalue weighted by Crippen LogP contribution is -2.58. The van der Waals surface area contributed by atoms with E-state index in [-0.39, 0.29) is 18.4 Å². The van der Waals surface area contributed by atoms with E-state index in [2.05, 4.69) is 6.58 Å². The van der Waals surface area contributed by atoms with Crippen molar-refractivity contribution < 1.29 is 57.2 Å². The summed E-state index contributed by atoms with van der Waals surface area (Å²) in [6, 6.07) is 0. The molecule has 0 amide bonds. The Bertz CT molecular complexity index is 1210. The first-order valence-corrected chi connectivity index (χ1v) is 14.2. The Kier molecular flexibility index (Phi) is 11.2. The maximum absolute atomic E-state index is 14.3. The fourth-order valence-electron chi connectivity index (χ4n) is 5.84. The molecule has 0 radical (unpaired) electrons. The number of allylic oxidation sites excluding steroid dienone is 2. The molecule has 2 aliphatic carbocycles. The number of carbonyl (C=O) groups excluding carboxylic acids is 7. The molecule has 0 spiro atoms. The quantitative estimate of drug-likeness (QED) is 0.247. The fraction of sp³-hybridized carbons (Fsp3) is 0.645. The molecule has 2 aliphatic rings. The van der Waals surface area contributed by atoms with Crippen molar-refractivity contribution >= 4 is 41.4 Å². The van der Waals surface area contributed by atoms with Gasteiger partial charge in [0, 0.05) is 57.4 Å². The van der Waals surface area contributed by atoms with Crippen LogP contribution in [0.5, 0.6) is 0 Å². The standard InChI is InChI=1S/C31H42O12/c1-11-22(36)42-26-17(4)25(40-19(6)33)23-24(39-18(5)32)16(3)14-31(23,43-21(8)35)28(37)15(2)12-13-30(9,10)29(38)27(26)41-20(7)34/h12-13,15-16,23-27H,4,11,14H2,1-3,5-10H3. The molecule has 0 saturated heterocycles. The van der Waals surface area contributed by atoms with Crippen LogP contribution in [0.2, 0.25) is 0 Å². The van der Waals surface area contributed by atoms with Gasteiger partial charge in [0.25, 0.3) is 0 Å². The molecule has 0 aromatic rings. The molecule has 0 aromatic carbocycles. The summed E-state index contributed by atoms with van der Waals surface area (Å²) < 4.78 is 28.3. The molecule has 238 valence electrons. The molecule has 1 saturated carbocycles. The van der Waals surface area contributed by atoms with Crippen LogP contribution in [-0.2, 0) is 57.2 Å². The molecular formula is C31H42O12. The Balaban J connectivity index is 3.08. The Morgan fingerprint density at radius 2 is 1.35 bits per heavy atom. The third-order valence-corrected chi connectivity index (χ3v) is 7.70. The van der Waals surface area contributed by atoms with Crippen molar-refractivity contribution in [2.75, 3.05) is 0 Å². The minimum Gasteiger partial charge on any atom is -0.462 e. The monoisotopic (exact) mass is 606 g/mol. The summed E-state index contributed by atoms with van der Waals surface area (Å²) in [4.78, 5) is 90.7. The molecule has 8 unspecified atom stereocenters. The largest absolute Gasteiger partial charge is 0.462 e. The van der Waals surface area contributed by atoms with Crippen LogP contribution in [0.25, 0.3) is 0 Å². The van der Waals surface area contributed by atoms with Gasteiger partial charge in [-0.3, -0.25) is 33.6 Å². The summed E-state index contributed by atoms with van der Waals surface area (Å²) in [6.07, 6.45) is -3.60. The molecule has 0 bridgehead atoms. The van der Waals surface area contributed by atoms with E-state index in [4.69, 9.17) is 23.7 Å². The number of hydrogen-bond acceptors (Lipinski definition) is 12. The van der Waals surface area contributed by atoms with Gasteiger partial charge in [0.1, 0.15) is 12.2 Å². The van der Waals surface area contributed by atoms with Gasteiger partial charge in [0.2, 0.25) is 6.10 Å². The first kappa shape index (κ1) is 35.4. The Morgan fingerprint density at radius 1 is 0.814 bits per heavy atom. The number of fused-ring (bicyclic) bond motifs is 1. The lowest BCUT2D eigenvalue weighted by molar-refractivity contribution is -0.187. The van der Waals surface area contributed by atoms with E-state index in [1.807, 2.05) is 0 Å². The Morgan fingerprint density at radius 3 is 1.84 bits per heavy atom. The number of hydrogen-bond donors (Lipinski definition) is 0. The number of Topliss-reactive ketones (excluding diaryl/α,β-unsaturated/α-hetero) is 2. The predicted octanol–water partition coefficient (Wildman–Crippen LogP) is 2.99. The topological polar surface area (TPSA) is 166 Å². The van der Waals surface area contributed by atoms with Gasteiger partial charge in [0.05, 0.1) is 5.92 Å². The van der Waals surface area contributed by atoms with E-state index < -0.39 is 94.6 Å². The molecule has 2 rings (SSSR count). The molecule has 0 N–H and O–H groups in total. The van der Waals surface area contributed by atoms with Gasteiger partial charge in [-0.1, -0.05) is 39.5 Å². The molecular weight excluding hydrogens is 564 g/mol. The molecule has 8 atom stereocenters. The molecule has 12 heteroatoms. The van der Waals surface area contributed by atoms with Crippen molar-refractivity contribution in [3.63, 3.8) is 0 Å². The SMILES string of the molecule is C=C1C(OC(=O)CC)C(OC(C)=O)C(=O)C(C)(C)C=CC(C)C(=O)C2(OC(C)=O)CC(C)C(OC(C)=O)C2C1OC(C)=O. The number of esters is 5. The van der Waals surface area contributed by atoms with Gasteiger partial charge in [0.15, 0.2) is 23.3 Å². The van der Waals surface area contributed by atoms with Crippen LogP contribution in [0, 0.1) is 23.2 Å². The van der Waals surface area contributed by atoms with Crippen LogP contribution in [0.1, 0.15) is 75.2 Å². The summed E-state index contributed by atoms with van der Waals surface area (Å²) in [7, 11) is 0. The van der Waals surface area contributed by atoms with Gasteiger partial charge in [-0.25, -0.2) is 0 Å². The smallest absolute Gasteiger partial charge is 0.306 e. The first-order chi connectivity index (χ1) is 19.8. The van der Waals surface area contributed by atoms with Crippen molar-refractivity contribution in [2.45, 2.75) is 105 Å². The molecule has 0 heterocycles. The van der Waals surface area contributed by atoms with E-state index in [1.165, 1.54) is 32.9 Å². The van der Waals surface area contributed by atoms with Crippen molar-refractivity contribution in [3.05, 3.63) is 24.3 Å². The zero-order valence-corrected chi connectivity index (χ0v) is 26.2. The van der Waals surface area contributed by atoms with E-state index in [1.54, 1.807) is 13.8 Å². The van der Waals surface area contributed by atoms with Crippen molar-refractivity contribution in [1.29, 1.82) is 0 Å².